The monoisotopic (exact) mass is 473 g/mol. The Balaban J connectivity index is 1.91. The summed E-state index contributed by atoms with van der Waals surface area (Å²) in [4.78, 5) is 28.1. The van der Waals surface area contributed by atoms with Crippen molar-refractivity contribution >= 4 is 17.4 Å². The highest BCUT2D eigenvalue weighted by molar-refractivity contribution is 6.46. The largest absolute Gasteiger partial charge is 0.507 e. The number of methoxy groups -OCH3 is 3. The van der Waals surface area contributed by atoms with Crippen LogP contribution >= 0.6 is 0 Å². The Morgan fingerprint density at radius 1 is 0.886 bits per heavy atom. The van der Waals surface area contributed by atoms with Gasteiger partial charge in [-0.05, 0) is 30.7 Å². The summed E-state index contributed by atoms with van der Waals surface area (Å²) >= 11 is 0. The van der Waals surface area contributed by atoms with Crippen LogP contribution in [0.15, 0.2) is 72.3 Å². The first-order valence-electron chi connectivity index (χ1n) is 11.1. The van der Waals surface area contributed by atoms with Crippen LogP contribution in [0.5, 0.6) is 17.2 Å². The van der Waals surface area contributed by atoms with E-state index in [9.17, 15) is 14.7 Å². The molecule has 0 aromatic heterocycles. The lowest BCUT2D eigenvalue weighted by molar-refractivity contribution is -0.140. The van der Waals surface area contributed by atoms with E-state index in [0.29, 0.717) is 28.4 Å². The molecule has 180 valence electrons. The minimum Gasteiger partial charge on any atom is -0.507 e. The minimum atomic E-state index is -0.799. The number of para-hydroxylation sites is 1. The lowest BCUT2D eigenvalue weighted by Gasteiger charge is -2.26. The second kappa shape index (κ2) is 9.93. The van der Waals surface area contributed by atoms with E-state index in [1.54, 1.807) is 31.4 Å². The van der Waals surface area contributed by atoms with E-state index in [1.165, 1.54) is 19.1 Å². The number of hydrogen-bond acceptors (Lipinski definition) is 6. The van der Waals surface area contributed by atoms with Crippen molar-refractivity contribution in [2.75, 3.05) is 21.3 Å². The molecule has 0 bridgehead atoms. The third kappa shape index (κ3) is 4.45. The van der Waals surface area contributed by atoms with E-state index < -0.39 is 17.7 Å². The highest BCUT2D eigenvalue weighted by Gasteiger charge is 2.46. The zero-order chi connectivity index (χ0) is 25.1. The Morgan fingerprint density at radius 3 is 2.31 bits per heavy atom. The maximum Gasteiger partial charge on any atom is 0.295 e. The maximum atomic E-state index is 13.4. The molecule has 0 saturated carbocycles. The van der Waals surface area contributed by atoms with Crippen LogP contribution in [-0.4, -0.2) is 43.0 Å². The van der Waals surface area contributed by atoms with E-state index in [4.69, 9.17) is 14.2 Å². The van der Waals surface area contributed by atoms with Gasteiger partial charge in [-0.2, -0.15) is 0 Å². The van der Waals surface area contributed by atoms with Crippen molar-refractivity contribution in [3.8, 4) is 17.2 Å². The SMILES string of the molecule is COc1ccc(/C(O)=C2/C(=O)C(=O)N(Cc3ccccc3OC)C2c2cccc(C)c2)c(OC)c1. The van der Waals surface area contributed by atoms with Gasteiger partial charge in [-0.3, -0.25) is 9.59 Å². The molecule has 4 rings (SSSR count). The van der Waals surface area contributed by atoms with Gasteiger partial charge in [0.15, 0.2) is 0 Å². The highest BCUT2D eigenvalue weighted by Crippen LogP contribution is 2.42. The fraction of sp³-hybridized carbons (Fsp3) is 0.214. The first kappa shape index (κ1) is 23.9. The number of ether oxygens (including phenoxy) is 3. The second-order valence-electron chi connectivity index (χ2n) is 8.22. The van der Waals surface area contributed by atoms with Gasteiger partial charge in [0.25, 0.3) is 11.7 Å². The lowest BCUT2D eigenvalue weighted by Crippen LogP contribution is -2.29. The summed E-state index contributed by atoms with van der Waals surface area (Å²) in [6.07, 6.45) is 0. The Kier molecular flexibility index (Phi) is 6.78. The van der Waals surface area contributed by atoms with Gasteiger partial charge in [0.1, 0.15) is 23.0 Å². The molecule has 1 unspecified atom stereocenters. The number of rotatable bonds is 7. The van der Waals surface area contributed by atoms with Gasteiger partial charge in [-0.25, -0.2) is 0 Å². The van der Waals surface area contributed by atoms with Crippen molar-refractivity contribution in [2.45, 2.75) is 19.5 Å². The van der Waals surface area contributed by atoms with Crippen molar-refractivity contribution in [2.24, 2.45) is 0 Å². The van der Waals surface area contributed by atoms with Gasteiger partial charge >= 0.3 is 0 Å². The molecule has 0 radical (unpaired) electrons. The van der Waals surface area contributed by atoms with Gasteiger partial charge in [-0.1, -0.05) is 48.0 Å². The average molecular weight is 474 g/mol. The van der Waals surface area contributed by atoms with Crippen LogP contribution in [0, 0.1) is 6.92 Å². The number of likely N-dealkylation sites (tertiary alicyclic amines) is 1. The summed E-state index contributed by atoms with van der Waals surface area (Å²) in [6.45, 7) is 2.06. The Labute approximate surface area is 204 Å². The number of aliphatic hydroxyl groups excluding tert-OH is 1. The van der Waals surface area contributed by atoms with Crippen LogP contribution in [0.4, 0.5) is 0 Å². The molecule has 1 amide bonds. The van der Waals surface area contributed by atoms with E-state index >= 15 is 0 Å². The summed E-state index contributed by atoms with van der Waals surface area (Å²) in [6, 6.07) is 19.0. The predicted octanol–water partition coefficient (Wildman–Crippen LogP) is 4.64. The summed E-state index contributed by atoms with van der Waals surface area (Å²) < 4.78 is 16.1. The number of aliphatic hydroxyl groups is 1. The number of carbonyl (C=O) groups excluding carboxylic acids is 2. The quantitative estimate of drug-likeness (QED) is 0.306. The molecule has 7 nitrogen and oxygen atoms in total. The molecule has 3 aromatic carbocycles. The van der Waals surface area contributed by atoms with E-state index in [0.717, 1.165) is 11.1 Å². The first-order chi connectivity index (χ1) is 16.9. The fourth-order valence-electron chi connectivity index (χ4n) is 4.39. The third-order valence-corrected chi connectivity index (χ3v) is 6.09. The standard InChI is InChI=1S/C28H27NO6/c1-17-8-7-10-18(14-17)25-24(26(30)21-13-12-20(33-2)15-23(21)35-4)27(31)28(32)29(25)16-19-9-5-6-11-22(19)34-3/h5-15,25,30H,16H2,1-4H3/b26-24-. The summed E-state index contributed by atoms with van der Waals surface area (Å²) in [5.41, 5.74) is 2.72. The van der Waals surface area contributed by atoms with Gasteiger partial charge in [-0.15, -0.1) is 0 Å². The lowest BCUT2D eigenvalue weighted by atomic mass is 9.94. The minimum absolute atomic E-state index is 0.000959. The summed E-state index contributed by atoms with van der Waals surface area (Å²) in [5, 5.41) is 11.4. The summed E-state index contributed by atoms with van der Waals surface area (Å²) in [5.74, 6) is -0.310. The third-order valence-electron chi connectivity index (χ3n) is 6.09. The molecule has 3 aromatic rings. The number of nitrogens with zero attached hydrogens (tertiary/aromatic N) is 1. The Hall–Kier alpha value is -4.26. The molecule has 1 N–H and O–H groups in total. The fourth-order valence-corrected chi connectivity index (χ4v) is 4.39. The molecule has 0 aliphatic carbocycles. The van der Waals surface area contributed by atoms with Crippen molar-refractivity contribution in [3.05, 3.63) is 94.6 Å². The topological polar surface area (TPSA) is 85.3 Å². The molecule has 1 fully saturated rings. The van der Waals surface area contributed by atoms with Gasteiger partial charge < -0.3 is 24.2 Å². The van der Waals surface area contributed by atoms with Crippen molar-refractivity contribution in [1.82, 2.24) is 4.90 Å². The van der Waals surface area contributed by atoms with Crippen LogP contribution < -0.4 is 14.2 Å². The van der Waals surface area contributed by atoms with Crippen LogP contribution in [-0.2, 0) is 16.1 Å². The van der Waals surface area contributed by atoms with Crippen LogP contribution in [0.1, 0.15) is 28.3 Å². The second-order valence-corrected chi connectivity index (χ2v) is 8.22. The predicted molar refractivity (Wildman–Crippen MR) is 132 cm³/mol. The molecule has 1 aliphatic rings. The molecule has 1 aliphatic heterocycles. The Morgan fingerprint density at radius 2 is 1.63 bits per heavy atom. The maximum absolute atomic E-state index is 13.4. The number of amides is 1. The molecular formula is C28H27NO6. The summed E-state index contributed by atoms with van der Waals surface area (Å²) in [7, 11) is 4.54. The average Bonchev–Trinajstić information content (AvgIpc) is 3.13. The van der Waals surface area contributed by atoms with E-state index in [2.05, 4.69) is 0 Å². The van der Waals surface area contributed by atoms with Gasteiger partial charge in [0.2, 0.25) is 0 Å². The van der Waals surface area contributed by atoms with Crippen molar-refractivity contribution < 1.29 is 28.9 Å². The molecule has 1 atom stereocenters. The van der Waals surface area contributed by atoms with Crippen LogP contribution in [0.2, 0.25) is 0 Å². The molecule has 35 heavy (non-hydrogen) atoms. The number of hydrogen-bond donors (Lipinski definition) is 1. The molecular weight excluding hydrogens is 446 g/mol. The molecule has 1 saturated heterocycles. The molecule has 1 heterocycles. The number of carbonyl (C=O) groups is 2. The normalized spacial score (nSPS) is 16.9. The number of ketones is 1. The zero-order valence-corrected chi connectivity index (χ0v) is 20.1. The smallest absolute Gasteiger partial charge is 0.295 e. The number of benzene rings is 3. The van der Waals surface area contributed by atoms with Gasteiger partial charge in [0, 0.05) is 11.6 Å². The highest BCUT2D eigenvalue weighted by atomic mass is 16.5. The first-order valence-corrected chi connectivity index (χ1v) is 11.1. The number of Topliss-reactive ketones (excluding diaryl/α,β-unsaturated/α-hetero) is 1. The number of aryl methyl sites for hydroxylation is 1. The Bertz CT molecular complexity index is 1310. The van der Waals surface area contributed by atoms with E-state index in [-0.39, 0.29) is 17.9 Å². The molecule has 0 spiro atoms. The van der Waals surface area contributed by atoms with Crippen molar-refractivity contribution in [1.29, 1.82) is 0 Å². The molecule has 7 heteroatoms. The van der Waals surface area contributed by atoms with E-state index in [1.807, 2.05) is 49.4 Å². The van der Waals surface area contributed by atoms with Crippen molar-refractivity contribution in [3.63, 3.8) is 0 Å². The van der Waals surface area contributed by atoms with Crippen LogP contribution in [0.25, 0.3) is 5.76 Å². The van der Waals surface area contributed by atoms with Crippen LogP contribution in [0.3, 0.4) is 0 Å². The van der Waals surface area contributed by atoms with Gasteiger partial charge in [0.05, 0.1) is 45.1 Å². The zero-order valence-electron chi connectivity index (χ0n) is 20.1.